The first-order valence-corrected chi connectivity index (χ1v) is 14.1. The number of halogens is 3. The second-order valence-electron chi connectivity index (χ2n) is 10.5. The fourth-order valence-corrected chi connectivity index (χ4v) is 5.15. The van der Waals surface area contributed by atoms with Gasteiger partial charge in [-0.1, -0.05) is 48.5 Å². The molecule has 8 nitrogen and oxygen atoms in total. The zero-order chi connectivity index (χ0) is 33.3. The smallest absolute Gasteiger partial charge is 0.322 e. The molecule has 1 aliphatic carbocycles. The maximum absolute atomic E-state index is 13.7. The Bertz CT molecular complexity index is 2090. The summed E-state index contributed by atoms with van der Waals surface area (Å²) < 4.78 is 39.8. The average molecular weight is 634 g/mol. The molecule has 0 atom stereocenters. The number of anilines is 3. The minimum absolute atomic E-state index is 0.0270. The Morgan fingerprint density at radius 1 is 0.489 bits per heavy atom. The predicted octanol–water partition coefficient (Wildman–Crippen LogP) is 7.24. The van der Waals surface area contributed by atoms with Crippen molar-refractivity contribution in [3.8, 4) is 0 Å². The molecule has 0 fully saturated rings. The largest absolute Gasteiger partial charge is 0.416 e. The van der Waals surface area contributed by atoms with Crippen molar-refractivity contribution in [2.45, 2.75) is 6.18 Å². The number of fused-ring (bicyclic) bond motifs is 2. The third kappa shape index (κ3) is 6.14. The summed E-state index contributed by atoms with van der Waals surface area (Å²) in [6.07, 6.45) is -4.68. The van der Waals surface area contributed by atoms with Gasteiger partial charge < -0.3 is 16.0 Å². The third-order valence-corrected chi connectivity index (χ3v) is 7.47. The molecule has 3 N–H and O–H groups in total. The summed E-state index contributed by atoms with van der Waals surface area (Å²) in [6, 6.07) is 27.0. The van der Waals surface area contributed by atoms with Crippen LogP contribution in [0.1, 0.15) is 68.5 Å². The van der Waals surface area contributed by atoms with Gasteiger partial charge in [0.15, 0.2) is 11.6 Å². The minimum Gasteiger partial charge on any atom is -0.322 e. The Morgan fingerprint density at radius 2 is 0.957 bits per heavy atom. The molecule has 0 aromatic heterocycles. The standard InChI is InChI=1S/C36H22F3N3O5/c37-36(38,39)23-8-6-7-22(19-23)35(47)42-28-18-17-27(29-30(28)32(44)26-12-5-4-11-25(26)31(29)43)41-34(46)21-15-13-20(14-16-21)33(45)40-24-9-2-1-3-10-24/h1-19H,(H,40,45)(H,41,46)(H,42,47). The molecule has 5 aromatic rings. The predicted molar refractivity (Wildman–Crippen MR) is 168 cm³/mol. The number of benzene rings is 5. The van der Waals surface area contributed by atoms with Crippen LogP contribution in [0.2, 0.25) is 0 Å². The van der Waals surface area contributed by atoms with Crippen LogP contribution in [-0.4, -0.2) is 29.3 Å². The third-order valence-electron chi connectivity index (χ3n) is 7.47. The van der Waals surface area contributed by atoms with E-state index in [1.807, 2.05) is 6.07 Å². The topological polar surface area (TPSA) is 121 Å². The second kappa shape index (κ2) is 12.2. The quantitative estimate of drug-likeness (QED) is 0.179. The highest BCUT2D eigenvalue weighted by Gasteiger charge is 2.35. The van der Waals surface area contributed by atoms with Crippen molar-refractivity contribution >= 4 is 46.4 Å². The summed E-state index contributed by atoms with van der Waals surface area (Å²) in [5.74, 6) is -3.21. The molecule has 0 spiro atoms. The van der Waals surface area contributed by atoms with Gasteiger partial charge in [0.2, 0.25) is 0 Å². The van der Waals surface area contributed by atoms with Gasteiger partial charge in [-0.2, -0.15) is 13.2 Å². The lowest BCUT2D eigenvalue weighted by Crippen LogP contribution is -2.26. The molecule has 47 heavy (non-hydrogen) atoms. The molecule has 0 unspecified atom stereocenters. The van der Waals surface area contributed by atoms with Crippen LogP contribution in [0.3, 0.4) is 0 Å². The molecular weight excluding hydrogens is 611 g/mol. The van der Waals surface area contributed by atoms with Gasteiger partial charge in [-0.3, -0.25) is 24.0 Å². The van der Waals surface area contributed by atoms with Gasteiger partial charge in [-0.05, 0) is 66.7 Å². The first-order valence-electron chi connectivity index (χ1n) is 14.1. The minimum atomic E-state index is -4.68. The Labute approximate surface area is 265 Å². The second-order valence-corrected chi connectivity index (χ2v) is 10.5. The Balaban J connectivity index is 1.31. The lowest BCUT2D eigenvalue weighted by atomic mass is 9.82. The van der Waals surface area contributed by atoms with E-state index < -0.39 is 35.1 Å². The number of hydrogen-bond donors (Lipinski definition) is 3. The van der Waals surface area contributed by atoms with Crippen molar-refractivity contribution in [2.75, 3.05) is 16.0 Å². The van der Waals surface area contributed by atoms with Crippen molar-refractivity contribution in [1.82, 2.24) is 0 Å². The number of nitrogens with one attached hydrogen (secondary N) is 3. The van der Waals surface area contributed by atoms with Crippen molar-refractivity contribution in [1.29, 1.82) is 0 Å². The van der Waals surface area contributed by atoms with E-state index in [4.69, 9.17) is 0 Å². The summed E-state index contributed by atoms with van der Waals surface area (Å²) >= 11 is 0. The van der Waals surface area contributed by atoms with Gasteiger partial charge in [0, 0.05) is 33.5 Å². The molecule has 5 aromatic carbocycles. The number of hydrogen-bond acceptors (Lipinski definition) is 5. The van der Waals surface area contributed by atoms with E-state index in [0.29, 0.717) is 17.3 Å². The SMILES string of the molecule is O=C(Nc1ccccc1)c1ccc(C(=O)Nc2ccc(NC(=O)c3cccc(C(F)(F)F)c3)c3c2C(=O)c2ccccc2C3=O)cc1. The van der Waals surface area contributed by atoms with Crippen molar-refractivity contribution < 1.29 is 37.1 Å². The van der Waals surface area contributed by atoms with Gasteiger partial charge in [0.25, 0.3) is 17.7 Å². The molecule has 0 radical (unpaired) electrons. The number of ketones is 2. The molecule has 6 rings (SSSR count). The summed E-state index contributed by atoms with van der Waals surface area (Å²) in [5, 5.41) is 7.85. The molecular formula is C36H22F3N3O5. The van der Waals surface area contributed by atoms with E-state index in [0.717, 1.165) is 12.1 Å². The van der Waals surface area contributed by atoms with Crippen LogP contribution in [0.25, 0.3) is 0 Å². The van der Waals surface area contributed by atoms with Crippen LogP contribution in [0.15, 0.2) is 115 Å². The number of alkyl halides is 3. The van der Waals surface area contributed by atoms with Crippen LogP contribution in [0.5, 0.6) is 0 Å². The van der Waals surface area contributed by atoms with Gasteiger partial charge in [-0.15, -0.1) is 0 Å². The normalized spacial score (nSPS) is 12.1. The number of amides is 3. The molecule has 0 bridgehead atoms. The van der Waals surface area contributed by atoms with Gasteiger partial charge in [0.1, 0.15) is 0 Å². The Kier molecular flexibility index (Phi) is 7.96. The molecule has 0 saturated heterocycles. The highest BCUT2D eigenvalue weighted by Crippen LogP contribution is 2.37. The molecule has 3 amide bonds. The van der Waals surface area contributed by atoms with Crippen LogP contribution in [0.4, 0.5) is 30.2 Å². The zero-order valence-corrected chi connectivity index (χ0v) is 24.1. The molecule has 232 valence electrons. The van der Waals surface area contributed by atoms with Gasteiger partial charge in [0.05, 0.1) is 28.1 Å². The summed E-state index contributed by atoms with van der Waals surface area (Å²) in [5.41, 5.74) is -0.738. The molecule has 0 heterocycles. The molecule has 1 aliphatic rings. The van der Waals surface area contributed by atoms with E-state index >= 15 is 0 Å². The number of carbonyl (C=O) groups excluding carboxylic acids is 5. The van der Waals surface area contributed by atoms with Gasteiger partial charge in [-0.25, -0.2) is 0 Å². The van der Waals surface area contributed by atoms with E-state index in [1.54, 1.807) is 36.4 Å². The van der Waals surface area contributed by atoms with Gasteiger partial charge >= 0.3 is 6.18 Å². The fourth-order valence-electron chi connectivity index (χ4n) is 5.15. The lowest BCUT2D eigenvalue weighted by Gasteiger charge is -2.23. The lowest BCUT2D eigenvalue weighted by molar-refractivity contribution is -0.137. The van der Waals surface area contributed by atoms with E-state index in [1.165, 1.54) is 54.6 Å². The maximum atomic E-state index is 13.7. The summed E-state index contributed by atoms with van der Waals surface area (Å²) in [7, 11) is 0. The van der Waals surface area contributed by atoms with E-state index in [9.17, 15) is 37.1 Å². The van der Waals surface area contributed by atoms with Crippen LogP contribution in [0, 0.1) is 0 Å². The van der Waals surface area contributed by atoms with E-state index in [2.05, 4.69) is 16.0 Å². The number of rotatable bonds is 6. The van der Waals surface area contributed by atoms with Crippen LogP contribution < -0.4 is 16.0 Å². The monoisotopic (exact) mass is 633 g/mol. The van der Waals surface area contributed by atoms with Crippen molar-refractivity contribution in [3.05, 3.63) is 160 Å². The summed E-state index contributed by atoms with van der Waals surface area (Å²) in [4.78, 5) is 66.4. The Hall–Kier alpha value is -6.36. The first kappa shape index (κ1) is 30.7. The van der Waals surface area contributed by atoms with Crippen LogP contribution >= 0.6 is 0 Å². The molecule has 0 aliphatic heterocycles. The van der Waals surface area contributed by atoms with Crippen molar-refractivity contribution in [2.24, 2.45) is 0 Å². The summed E-state index contributed by atoms with van der Waals surface area (Å²) in [6.45, 7) is 0. The average Bonchev–Trinajstić information content (AvgIpc) is 3.08. The zero-order valence-electron chi connectivity index (χ0n) is 24.1. The van der Waals surface area contributed by atoms with Crippen LogP contribution in [-0.2, 0) is 6.18 Å². The first-order chi connectivity index (χ1) is 22.5. The fraction of sp³-hybridized carbons (Fsp3) is 0.0278. The Morgan fingerprint density at radius 3 is 1.47 bits per heavy atom. The van der Waals surface area contributed by atoms with Crippen molar-refractivity contribution in [3.63, 3.8) is 0 Å². The molecule has 11 heteroatoms. The highest BCUT2D eigenvalue weighted by molar-refractivity contribution is 6.33. The highest BCUT2D eigenvalue weighted by atomic mass is 19.4. The van der Waals surface area contributed by atoms with E-state index in [-0.39, 0.29) is 50.7 Å². The number of para-hydroxylation sites is 1. The number of carbonyl (C=O) groups is 5. The molecule has 0 saturated carbocycles. The maximum Gasteiger partial charge on any atom is 0.416 e.